The van der Waals surface area contributed by atoms with Gasteiger partial charge in [-0.3, -0.25) is 9.78 Å². The van der Waals surface area contributed by atoms with Gasteiger partial charge in [-0.25, -0.2) is 9.59 Å². The lowest BCUT2D eigenvalue weighted by Gasteiger charge is -2.05. The standard InChI is InChI=1S/C14H10O7/c15-13(16)9-1-5-11(6-2-9)19-21-20-12-7-3-10(4-8-12)14(17)18/h1-8H,(H,15,16)(H,17,18). The van der Waals surface area contributed by atoms with Crippen LogP contribution in [0.1, 0.15) is 20.7 Å². The summed E-state index contributed by atoms with van der Waals surface area (Å²) < 4.78 is 0. The summed E-state index contributed by atoms with van der Waals surface area (Å²) in [5.74, 6) is -1.58. The number of hydrogen-bond donors (Lipinski definition) is 2. The van der Waals surface area contributed by atoms with Crippen molar-refractivity contribution >= 4 is 11.9 Å². The van der Waals surface area contributed by atoms with Crippen LogP contribution in [0.15, 0.2) is 48.5 Å². The average molecular weight is 290 g/mol. The van der Waals surface area contributed by atoms with E-state index in [1.807, 2.05) is 0 Å². The number of carboxylic acids is 2. The minimum Gasteiger partial charge on any atom is -0.478 e. The van der Waals surface area contributed by atoms with Crippen molar-refractivity contribution in [2.24, 2.45) is 0 Å². The zero-order valence-corrected chi connectivity index (χ0v) is 10.6. The lowest BCUT2D eigenvalue weighted by molar-refractivity contribution is -0.411. The monoisotopic (exact) mass is 290 g/mol. The maximum absolute atomic E-state index is 10.6. The Labute approximate surface area is 118 Å². The second-order valence-electron chi connectivity index (χ2n) is 3.89. The van der Waals surface area contributed by atoms with Gasteiger partial charge in [0, 0.05) is 5.04 Å². The molecule has 0 saturated heterocycles. The normalized spacial score (nSPS) is 9.90. The Morgan fingerprint density at radius 1 is 0.667 bits per heavy atom. The van der Waals surface area contributed by atoms with Crippen molar-refractivity contribution in [1.82, 2.24) is 0 Å². The van der Waals surface area contributed by atoms with E-state index in [-0.39, 0.29) is 22.6 Å². The SMILES string of the molecule is O=C(O)c1ccc(OOOc2ccc(C(=O)O)cc2)cc1. The minimum atomic E-state index is -1.04. The Bertz CT molecular complexity index is 574. The summed E-state index contributed by atoms with van der Waals surface area (Å²) in [6, 6.07) is 11.0. The van der Waals surface area contributed by atoms with Crippen LogP contribution in [0, 0.1) is 0 Å². The van der Waals surface area contributed by atoms with Gasteiger partial charge in [-0.2, -0.15) is 0 Å². The van der Waals surface area contributed by atoms with E-state index in [1.165, 1.54) is 48.5 Å². The molecule has 0 unspecified atom stereocenters. The number of carboxylic acid groups (broad SMARTS) is 2. The van der Waals surface area contributed by atoms with Gasteiger partial charge in [-0.15, -0.1) is 0 Å². The van der Waals surface area contributed by atoms with Gasteiger partial charge >= 0.3 is 11.9 Å². The maximum Gasteiger partial charge on any atom is 0.335 e. The first kappa shape index (κ1) is 14.4. The highest BCUT2D eigenvalue weighted by Crippen LogP contribution is 2.15. The van der Waals surface area contributed by atoms with Gasteiger partial charge in [0.1, 0.15) is 0 Å². The van der Waals surface area contributed by atoms with E-state index < -0.39 is 11.9 Å². The number of benzene rings is 2. The fourth-order valence-corrected chi connectivity index (χ4v) is 1.40. The van der Waals surface area contributed by atoms with Gasteiger partial charge in [0.05, 0.1) is 11.1 Å². The molecule has 0 atom stereocenters. The fourth-order valence-electron chi connectivity index (χ4n) is 1.40. The molecule has 0 spiro atoms. The molecule has 21 heavy (non-hydrogen) atoms. The highest BCUT2D eigenvalue weighted by atomic mass is 17.5. The number of rotatable bonds is 6. The predicted molar refractivity (Wildman–Crippen MR) is 69.1 cm³/mol. The molecule has 0 radical (unpaired) electrons. The molecule has 0 heterocycles. The molecule has 0 aliphatic heterocycles. The first-order valence-corrected chi connectivity index (χ1v) is 5.74. The molecular weight excluding hydrogens is 280 g/mol. The van der Waals surface area contributed by atoms with Gasteiger partial charge in [0.15, 0.2) is 11.5 Å². The summed E-state index contributed by atoms with van der Waals surface area (Å²) in [5, 5.41) is 22.0. The zero-order valence-electron chi connectivity index (χ0n) is 10.6. The Hall–Kier alpha value is -3.06. The van der Waals surface area contributed by atoms with Crippen LogP contribution in [-0.4, -0.2) is 22.2 Å². The van der Waals surface area contributed by atoms with Crippen LogP contribution in [-0.2, 0) is 5.04 Å². The molecule has 108 valence electrons. The van der Waals surface area contributed by atoms with Gasteiger partial charge < -0.3 is 10.2 Å². The van der Waals surface area contributed by atoms with Gasteiger partial charge in [0.25, 0.3) is 0 Å². The molecule has 2 aromatic carbocycles. The molecule has 0 amide bonds. The predicted octanol–water partition coefficient (Wildman–Crippen LogP) is 2.39. The molecule has 0 saturated carbocycles. The maximum atomic E-state index is 10.6. The Morgan fingerprint density at radius 3 is 1.29 bits per heavy atom. The largest absolute Gasteiger partial charge is 0.478 e. The molecular formula is C14H10O7. The zero-order chi connectivity index (χ0) is 15.2. The Balaban J connectivity index is 1.86. The van der Waals surface area contributed by atoms with Crippen LogP contribution in [0.3, 0.4) is 0 Å². The molecule has 0 aromatic heterocycles. The van der Waals surface area contributed by atoms with Crippen molar-refractivity contribution in [2.45, 2.75) is 0 Å². The Kier molecular flexibility index (Phi) is 4.37. The summed E-state index contributed by atoms with van der Waals surface area (Å²) in [6.07, 6.45) is 0. The van der Waals surface area contributed by atoms with Gasteiger partial charge in [-0.1, -0.05) is 0 Å². The molecule has 7 heteroatoms. The summed E-state index contributed by atoms with van der Waals surface area (Å²) in [4.78, 5) is 30.9. The molecule has 2 aromatic rings. The molecule has 2 N–H and O–H groups in total. The summed E-state index contributed by atoms with van der Waals surface area (Å²) in [7, 11) is 0. The first-order chi connectivity index (χ1) is 10.1. The van der Waals surface area contributed by atoms with Crippen LogP contribution >= 0.6 is 0 Å². The molecule has 7 nitrogen and oxygen atoms in total. The summed E-state index contributed by atoms with van der Waals surface area (Å²) in [5.41, 5.74) is 0.236. The quantitative estimate of drug-likeness (QED) is 0.622. The van der Waals surface area contributed by atoms with Crippen LogP contribution in [0.4, 0.5) is 0 Å². The molecule has 0 bridgehead atoms. The van der Waals surface area contributed by atoms with Gasteiger partial charge in [0.2, 0.25) is 0 Å². The highest BCUT2D eigenvalue weighted by molar-refractivity contribution is 5.88. The number of carbonyl (C=O) groups is 2. The average Bonchev–Trinajstić information content (AvgIpc) is 2.48. The van der Waals surface area contributed by atoms with E-state index in [9.17, 15) is 9.59 Å². The molecule has 0 fully saturated rings. The summed E-state index contributed by atoms with van der Waals surface area (Å²) >= 11 is 0. The van der Waals surface area contributed by atoms with Gasteiger partial charge in [-0.05, 0) is 48.5 Å². The van der Waals surface area contributed by atoms with E-state index in [0.29, 0.717) is 0 Å². The molecule has 0 aliphatic rings. The van der Waals surface area contributed by atoms with Crippen LogP contribution in [0.2, 0.25) is 0 Å². The smallest absolute Gasteiger partial charge is 0.335 e. The minimum absolute atomic E-state index is 0.118. The first-order valence-electron chi connectivity index (χ1n) is 5.74. The fraction of sp³-hybridized carbons (Fsp3) is 0. The van der Waals surface area contributed by atoms with Crippen molar-refractivity contribution in [1.29, 1.82) is 0 Å². The van der Waals surface area contributed by atoms with Crippen LogP contribution in [0.5, 0.6) is 11.5 Å². The highest BCUT2D eigenvalue weighted by Gasteiger charge is 2.05. The Morgan fingerprint density at radius 2 is 1.00 bits per heavy atom. The lowest BCUT2D eigenvalue weighted by Crippen LogP contribution is -2.03. The molecule has 2 rings (SSSR count). The second-order valence-corrected chi connectivity index (χ2v) is 3.89. The third kappa shape index (κ3) is 3.95. The van der Waals surface area contributed by atoms with Crippen molar-refractivity contribution in [3.63, 3.8) is 0 Å². The third-order valence-corrected chi connectivity index (χ3v) is 2.46. The van der Waals surface area contributed by atoms with E-state index in [1.54, 1.807) is 0 Å². The van der Waals surface area contributed by atoms with Crippen molar-refractivity contribution in [2.75, 3.05) is 0 Å². The van der Waals surface area contributed by atoms with Crippen LogP contribution < -0.4 is 9.78 Å². The summed E-state index contributed by atoms with van der Waals surface area (Å²) in [6.45, 7) is 0. The van der Waals surface area contributed by atoms with E-state index in [0.717, 1.165) is 0 Å². The van der Waals surface area contributed by atoms with Crippen LogP contribution in [0.25, 0.3) is 0 Å². The van der Waals surface area contributed by atoms with Crippen molar-refractivity contribution in [3.8, 4) is 11.5 Å². The topological polar surface area (TPSA) is 102 Å². The molecule has 0 aliphatic carbocycles. The van der Waals surface area contributed by atoms with E-state index >= 15 is 0 Å². The third-order valence-electron chi connectivity index (χ3n) is 2.46. The number of hydrogen-bond acceptors (Lipinski definition) is 5. The second kappa shape index (κ2) is 6.40. The van der Waals surface area contributed by atoms with Crippen molar-refractivity contribution < 1.29 is 34.6 Å². The van der Waals surface area contributed by atoms with Crippen molar-refractivity contribution in [3.05, 3.63) is 59.7 Å². The number of aromatic carboxylic acids is 2. The lowest BCUT2D eigenvalue weighted by atomic mass is 10.2. The van der Waals surface area contributed by atoms with E-state index in [2.05, 4.69) is 5.04 Å². The van der Waals surface area contributed by atoms with E-state index in [4.69, 9.17) is 20.0 Å².